The second kappa shape index (κ2) is 6.53. The number of carbonyl (C=O) groups is 2. The fourth-order valence-corrected chi connectivity index (χ4v) is 1.14. The predicted molar refractivity (Wildman–Crippen MR) is 53.4 cm³/mol. The van der Waals surface area contributed by atoms with Crippen LogP contribution in [0, 0.1) is 5.92 Å². The second-order valence-electron chi connectivity index (χ2n) is 3.59. The number of rotatable bonds is 7. The number of hydrogen-bond donors (Lipinski definition) is 1. The van der Waals surface area contributed by atoms with E-state index in [-0.39, 0.29) is 12.5 Å². The van der Waals surface area contributed by atoms with Crippen LogP contribution in [0.25, 0.3) is 0 Å². The molecular weight excluding hydrogens is 200 g/mol. The maximum atomic E-state index is 11.0. The molecule has 0 spiro atoms. The van der Waals surface area contributed by atoms with Crippen LogP contribution in [0.4, 0.5) is 0 Å². The molecule has 0 rings (SSSR count). The first-order valence-electron chi connectivity index (χ1n) is 4.80. The Bertz CT molecular complexity index is 210. The third-order valence-electron chi connectivity index (χ3n) is 1.90. The summed E-state index contributed by atoms with van der Waals surface area (Å²) in [6, 6.07) is 0. The van der Waals surface area contributed by atoms with E-state index < -0.39 is 24.0 Å². The van der Waals surface area contributed by atoms with Crippen LogP contribution in [0.2, 0.25) is 0 Å². The van der Waals surface area contributed by atoms with Crippen LogP contribution >= 0.6 is 0 Å². The highest BCUT2D eigenvalue weighted by atomic mass is 16.7. The smallest absolute Gasteiger partial charge is 0.314 e. The minimum atomic E-state index is -1.14. The van der Waals surface area contributed by atoms with Crippen molar-refractivity contribution in [2.45, 2.75) is 39.6 Å². The van der Waals surface area contributed by atoms with Crippen molar-refractivity contribution < 1.29 is 24.2 Å². The molecule has 0 saturated carbocycles. The predicted octanol–water partition coefficient (Wildman–Crippen LogP) is 1.06. The molecule has 0 aliphatic rings. The van der Waals surface area contributed by atoms with Crippen LogP contribution in [0.3, 0.4) is 0 Å². The van der Waals surface area contributed by atoms with Gasteiger partial charge in [0.2, 0.25) is 0 Å². The first kappa shape index (κ1) is 14.1. The molecule has 2 unspecified atom stereocenters. The van der Waals surface area contributed by atoms with Crippen LogP contribution in [0.5, 0.6) is 0 Å². The van der Waals surface area contributed by atoms with E-state index in [1.165, 1.54) is 14.0 Å². The summed E-state index contributed by atoms with van der Waals surface area (Å²) in [4.78, 5) is 21.8. The largest absolute Gasteiger partial charge is 0.481 e. The lowest BCUT2D eigenvalue weighted by molar-refractivity contribution is -0.169. The molecule has 1 N–H and O–H groups in total. The van der Waals surface area contributed by atoms with Crippen LogP contribution in [0.1, 0.15) is 27.2 Å². The molecule has 88 valence electrons. The van der Waals surface area contributed by atoms with Crippen molar-refractivity contribution in [3.05, 3.63) is 0 Å². The van der Waals surface area contributed by atoms with Crippen molar-refractivity contribution in [2.24, 2.45) is 5.92 Å². The molecule has 2 atom stereocenters. The number of methoxy groups -OCH3 is 1. The summed E-state index contributed by atoms with van der Waals surface area (Å²) in [7, 11) is 1.42. The zero-order valence-corrected chi connectivity index (χ0v) is 9.52. The maximum Gasteiger partial charge on any atom is 0.314 e. The molecular formula is C10H18O5. The molecule has 0 radical (unpaired) electrons. The zero-order valence-electron chi connectivity index (χ0n) is 9.52. The fourth-order valence-electron chi connectivity index (χ4n) is 1.14. The Balaban J connectivity index is 4.35. The molecule has 0 aliphatic heterocycles. The van der Waals surface area contributed by atoms with E-state index in [2.05, 4.69) is 0 Å². The van der Waals surface area contributed by atoms with Crippen molar-refractivity contribution in [1.82, 2.24) is 0 Å². The summed E-state index contributed by atoms with van der Waals surface area (Å²) >= 11 is 0. The monoisotopic (exact) mass is 218 g/mol. The minimum absolute atomic E-state index is 0.0410. The van der Waals surface area contributed by atoms with Gasteiger partial charge in [-0.3, -0.25) is 9.59 Å². The minimum Gasteiger partial charge on any atom is -0.481 e. The highest BCUT2D eigenvalue weighted by Crippen LogP contribution is 2.13. The molecule has 0 amide bonds. The highest BCUT2D eigenvalue weighted by molar-refractivity contribution is 5.96. The number of ketones is 1. The lowest BCUT2D eigenvalue weighted by atomic mass is 10.0. The van der Waals surface area contributed by atoms with Gasteiger partial charge >= 0.3 is 5.97 Å². The van der Waals surface area contributed by atoms with Crippen molar-refractivity contribution >= 4 is 11.8 Å². The Morgan fingerprint density at radius 2 is 1.87 bits per heavy atom. The van der Waals surface area contributed by atoms with E-state index in [0.29, 0.717) is 0 Å². The van der Waals surface area contributed by atoms with Gasteiger partial charge in [-0.25, -0.2) is 0 Å². The SMILES string of the molecule is COC(CC(C(C)=O)C(=O)O)OC(C)C. The van der Waals surface area contributed by atoms with E-state index in [1.807, 2.05) is 13.8 Å². The number of carboxylic acids is 1. The molecule has 5 heteroatoms. The van der Waals surface area contributed by atoms with Gasteiger partial charge in [0.25, 0.3) is 0 Å². The van der Waals surface area contributed by atoms with Gasteiger partial charge in [-0.1, -0.05) is 0 Å². The van der Waals surface area contributed by atoms with E-state index in [1.54, 1.807) is 0 Å². The summed E-state index contributed by atoms with van der Waals surface area (Å²) in [5, 5.41) is 8.79. The highest BCUT2D eigenvalue weighted by Gasteiger charge is 2.27. The average molecular weight is 218 g/mol. The van der Waals surface area contributed by atoms with Crippen LogP contribution in [-0.4, -0.2) is 36.4 Å². The molecule has 15 heavy (non-hydrogen) atoms. The Morgan fingerprint density at radius 1 is 1.33 bits per heavy atom. The molecule has 5 nitrogen and oxygen atoms in total. The molecule has 0 fully saturated rings. The van der Waals surface area contributed by atoms with Gasteiger partial charge in [-0.2, -0.15) is 0 Å². The van der Waals surface area contributed by atoms with E-state index in [0.717, 1.165) is 0 Å². The zero-order chi connectivity index (χ0) is 12.0. The van der Waals surface area contributed by atoms with Gasteiger partial charge in [0.05, 0.1) is 6.10 Å². The van der Waals surface area contributed by atoms with Gasteiger partial charge in [0.1, 0.15) is 11.7 Å². The fraction of sp³-hybridized carbons (Fsp3) is 0.800. The number of Topliss-reactive ketones (excluding diaryl/α,β-unsaturated/α-hetero) is 1. The molecule has 0 saturated heterocycles. The van der Waals surface area contributed by atoms with Gasteiger partial charge in [-0.15, -0.1) is 0 Å². The van der Waals surface area contributed by atoms with Crippen molar-refractivity contribution in [2.75, 3.05) is 7.11 Å². The Labute approximate surface area is 89.4 Å². The normalized spacial score (nSPS) is 15.0. The third-order valence-corrected chi connectivity index (χ3v) is 1.90. The van der Waals surface area contributed by atoms with Crippen molar-refractivity contribution in [3.63, 3.8) is 0 Å². The van der Waals surface area contributed by atoms with E-state index in [9.17, 15) is 9.59 Å². The maximum absolute atomic E-state index is 11.0. The second-order valence-corrected chi connectivity index (χ2v) is 3.59. The summed E-state index contributed by atoms with van der Waals surface area (Å²) in [6.07, 6.45) is -0.689. The molecule has 0 heterocycles. The molecule has 0 aromatic rings. The summed E-state index contributed by atoms with van der Waals surface area (Å²) in [6.45, 7) is 4.88. The van der Waals surface area contributed by atoms with Gasteiger partial charge in [0, 0.05) is 13.5 Å². The summed E-state index contributed by atoms with van der Waals surface area (Å²) < 4.78 is 10.2. The van der Waals surface area contributed by atoms with Crippen molar-refractivity contribution in [3.8, 4) is 0 Å². The quantitative estimate of drug-likeness (QED) is 0.511. The van der Waals surface area contributed by atoms with Gasteiger partial charge < -0.3 is 14.6 Å². The standard InChI is InChI=1S/C10H18O5/c1-6(2)15-9(14-4)5-8(7(3)11)10(12)13/h6,8-9H,5H2,1-4H3,(H,12,13). The lowest BCUT2D eigenvalue weighted by Gasteiger charge is -2.20. The molecule has 0 aromatic heterocycles. The first-order valence-corrected chi connectivity index (χ1v) is 4.80. The average Bonchev–Trinajstić information content (AvgIpc) is 2.10. The number of hydrogen-bond acceptors (Lipinski definition) is 4. The number of carboxylic acid groups (broad SMARTS) is 1. The third kappa shape index (κ3) is 5.49. The van der Waals surface area contributed by atoms with E-state index >= 15 is 0 Å². The van der Waals surface area contributed by atoms with Gasteiger partial charge in [0.15, 0.2) is 6.29 Å². The molecule has 0 aliphatic carbocycles. The van der Waals surface area contributed by atoms with Crippen LogP contribution in [0.15, 0.2) is 0 Å². The van der Waals surface area contributed by atoms with Gasteiger partial charge in [-0.05, 0) is 20.8 Å². The number of aliphatic carboxylic acids is 1. The Morgan fingerprint density at radius 3 is 2.13 bits per heavy atom. The summed E-state index contributed by atoms with van der Waals surface area (Å²) in [5.74, 6) is -2.59. The van der Waals surface area contributed by atoms with E-state index in [4.69, 9.17) is 14.6 Å². The topological polar surface area (TPSA) is 72.8 Å². The van der Waals surface area contributed by atoms with Crippen molar-refractivity contribution in [1.29, 1.82) is 0 Å². The van der Waals surface area contributed by atoms with Crippen LogP contribution < -0.4 is 0 Å². The van der Waals surface area contributed by atoms with Crippen LogP contribution in [-0.2, 0) is 19.1 Å². The molecule has 0 aromatic carbocycles. The molecule has 0 bridgehead atoms. The Hall–Kier alpha value is -0.940. The number of ether oxygens (including phenoxy) is 2. The number of carbonyl (C=O) groups excluding carboxylic acids is 1. The Kier molecular flexibility index (Phi) is 6.12. The lowest BCUT2D eigenvalue weighted by Crippen LogP contribution is -2.30. The summed E-state index contributed by atoms with van der Waals surface area (Å²) in [5.41, 5.74) is 0. The first-order chi connectivity index (χ1) is 6.88.